The van der Waals surface area contributed by atoms with Gasteiger partial charge in [0.15, 0.2) is 0 Å². The first-order valence-corrected chi connectivity index (χ1v) is 6.63. The monoisotopic (exact) mass is 240 g/mol. The normalized spacial score (nSPS) is 28.5. The molecule has 2 rings (SSSR count). The molecule has 1 saturated heterocycles. The molecule has 0 amide bonds. The molecular weight excluding hydrogens is 216 g/mol. The van der Waals surface area contributed by atoms with Crippen molar-refractivity contribution in [1.29, 1.82) is 0 Å². The van der Waals surface area contributed by atoms with Crippen molar-refractivity contribution in [2.24, 2.45) is 16.8 Å². The van der Waals surface area contributed by atoms with Crippen LogP contribution in [0.5, 0.6) is 0 Å². The van der Waals surface area contributed by atoms with E-state index >= 15 is 0 Å². The molecule has 4 N–H and O–H groups in total. The van der Waals surface area contributed by atoms with Crippen LogP contribution in [0.4, 0.5) is 0 Å². The maximum Gasteiger partial charge on any atom is 0.140 e. The molecule has 0 aromatic heterocycles. The first-order valence-electron chi connectivity index (χ1n) is 6.63. The first-order chi connectivity index (χ1) is 8.19. The number of amidine groups is 1. The molecule has 98 valence electrons. The molecule has 17 heavy (non-hydrogen) atoms. The average molecular weight is 240 g/mol. The van der Waals surface area contributed by atoms with Gasteiger partial charge in [-0.25, -0.2) is 0 Å². The Kier molecular flexibility index (Phi) is 4.23. The van der Waals surface area contributed by atoms with Crippen LogP contribution >= 0.6 is 0 Å². The zero-order valence-electron chi connectivity index (χ0n) is 10.6. The maximum atomic E-state index is 8.49. The Labute approximate surface area is 103 Å². The van der Waals surface area contributed by atoms with Gasteiger partial charge in [0, 0.05) is 25.0 Å². The summed E-state index contributed by atoms with van der Waals surface area (Å²) in [4.78, 5) is 2.63. The fourth-order valence-electron chi connectivity index (χ4n) is 2.60. The highest BCUT2D eigenvalue weighted by molar-refractivity contribution is 5.80. The summed E-state index contributed by atoms with van der Waals surface area (Å²) < 4.78 is 0. The Hall–Kier alpha value is -0.810. The standard InChI is InChI=1S/C12H24N4O/c1-9(6-12(13)15-17)14-7-10-4-5-16(8-10)11-2-3-11/h9-11,14,17H,2-8H2,1H3,(H2,13,15). The minimum absolute atomic E-state index is 0.279. The van der Waals surface area contributed by atoms with Crippen molar-refractivity contribution < 1.29 is 5.21 Å². The number of hydrogen-bond donors (Lipinski definition) is 3. The van der Waals surface area contributed by atoms with Crippen LogP contribution in [0.1, 0.15) is 32.6 Å². The highest BCUT2D eigenvalue weighted by atomic mass is 16.4. The van der Waals surface area contributed by atoms with Crippen LogP contribution in [0.2, 0.25) is 0 Å². The summed E-state index contributed by atoms with van der Waals surface area (Å²) in [6.45, 7) is 5.63. The summed E-state index contributed by atoms with van der Waals surface area (Å²) >= 11 is 0. The van der Waals surface area contributed by atoms with E-state index in [0.29, 0.717) is 12.3 Å². The summed E-state index contributed by atoms with van der Waals surface area (Å²) in [7, 11) is 0. The molecule has 0 bridgehead atoms. The van der Waals surface area contributed by atoms with Crippen LogP contribution in [0.3, 0.4) is 0 Å². The minimum Gasteiger partial charge on any atom is -0.409 e. The zero-order valence-corrected chi connectivity index (χ0v) is 10.6. The fraction of sp³-hybridized carbons (Fsp3) is 0.917. The summed E-state index contributed by atoms with van der Waals surface area (Å²) in [5.41, 5.74) is 5.48. The molecule has 1 aliphatic heterocycles. The van der Waals surface area contributed by atoms with Gasteiger partial charge in [-0.3, -0.25) is 0 Å². The van der Waals surface area contributed by atoms with E-state index < -0.39 is 0 Å². The summed E-state index contributed by atoms with van der Waals surface area (Å²) in [6.07, 6.45) is 4.72. The second-order valence-corrected chi connectivity index (χ2v) is 5.49. The van der Waals surface area contributed by atoms with Crippen molar-refractivity contribution in [2.45, 2.75) is 44.7 Å². The molecule has 0 radical (unpaired) electrons. The molecule has 1 saturated carbocycles. The van der Waals surface area contributed by atoms with E-state index in [1.807, 2.05) is 0 Å². The van der Waals surface area contributed by atoms with Gasteiger partial charge in [-0.1, -0.05) is 5.16 Å². The molecule has 2 aliphatic rings. The van der Waals surface area contributed by atoms with Gasteiger partial charge in [-0.2, -0.15) is 0 Å². The zero-order chi connectivity index (χ0) is 12.3. The van der Waals surface area contributed by atoms with Gasteiger partial charge in [-0.15, -0.1) is 0 Å². The largest absolute Gasteiger partial charge is 0.409 e. The molecular formula is C12H24N4O. The van der Waals surface area contributed by atoms with Crippen LogP contribution < -0.4 is 11.1 Å². The summed E-state index contributed by atoms with van der Waals surface area (Å²) in [5.74, 6) is 1.07. The van der Waals surface area contributed by atoms with Gasteiger partial charge in [0.2, 0.25) is 0 Å². The Morgan fingerprint density at radius 2 is 2.29 bits per heavy atom. The average Bonchev–Trinajstić information content (AvgIpc) is 3.06. The van der Waals surface area contributed by atoms with Gasteiger partial charge >= 0.3 is 0 Å². The van der Waals surface area contributed by atoms with E-state index in [1.165, 1.54) is 32.4 Å². The second-order valence-electron chi connectivity index (χ2n) is 5.49. The SMILES string of the molecule is CC(CC(N)=NO)NCC1CCN(C2CC2)C1. The first kappa shape index (κ1) is 12.6. The van der Waals surface area contributed by atoms with Crippen molar-refractivity contribution in [2.75, 3.05) is 19.6 Å². The van der Waals surface area contributed by atoms with Crippen LogP contribution in [0, 0.1) is 5.92 Å². The van der Waals surface area contributed by atoms with Gasteiger partial charge < -0.3 is 21.2 Å². The van der Waals surface area contributed by atoms with Crippen molar-refractivity contribution >= 4 is 5.84 Å². The Morgan fingerprint density at radius 1 is 1.53 bits per heavy atom. The van der Waals surface area contributed by atoms with E-state index in [0.717, 1.165) is 18.5 Å². The summed E-state index contributed by atoms with van der Waals surface area (Å²) in [5, 5.41) is 15.0. The van der Waals surface area contributed by atoms with Gasteiger partial charge in [-0.05, 0) is 45.2 Å². The second kappa shape index (κ2) is 5.69. The van der Waals surface area contributed by atoms with Gasteiger partial charge in [0.1, 0.15) is 5.84 Å². The molecule has 2 fully saturated rings. The van der Waals surface area contributed by atoms with E-state index in [-0.39, 0.29) is 6.04 Å². The molecule has 2 atom stereocenters. The van der Waals surface area contributed by atoms with Crippen LogP contribution in [0.25, 0.3) is 0 Å². The van der Waals surface area contributed by atoms with E-state index in [4.69, 9.17) is 10.9 Å². The lowest BCUT2D eigenvalue weighted by molar-refractivity contribution is 0.308. The highest BCUT2D eigenvalue weighted by Gasteiger charge is 2.34. The maximum absolute atomic E-state index is 8.49. The van der Waals surface area contributed by atoms with Crippen LogP contribution in [-0.2, 0) is 0 Å². The molecule has 0 aromatic carbocycles. The molecule has 5 heteroatoms. The molecule has 0 aromatic rings. The number of oxime groups is 1. The number of nitrogens with one attached hydrogen (secondary N) is 1. The minimum atomic E-state index is 0.279. The van der Waals surface area contributed by atoms with Crippen LogP contribution in [0.15, 0.2) is 5.16 Å². The Bertz CT molecular complexity index is 278. The predicted octanol–water partition coefficient (Wildman–Crippen LogP) is 0.585. The third-order valence-corrected chi connectivity index (χ3v) is 3.78. The third kappa shape index (κ3) is 3.85. The summed E-state index contributed by atoms with van der Waals surface area (Å²) in [6, 6.07) is 1.18. The number of rotatable bonds is 6. The fourth-order valence-corrected chi connectivity index (χ4v) is 2.60. The van der Waals surface area contributed by atoms with E-state index in [1.54, 1.807) is 0 Å². The quantitative estimate of drug-likeness (QED) is 0.275. The smallest absolute Gasteiger partial charge is 0.140 e. The molecule has 5 nitrogen and oxygen atoms in total. The van der Waals surface area contributed by atoms with Crippen LogP contribution in [-0.4, -0.2) is 47.7 Å². The number of hydrogen-bond acceptors (Lipinski definition) is 4. The van der Waals surface area contributed by atoms with Crippen molar-refractivity contribution in [1.82, 2.24) is 10.2 Å². The number of nitrogens with two attached hydrogens (primary N) is 1. The molecule has 0 spiro atoms. The predicted molar refractivity (Wildman–Crippen MR) is 68.2 cm³/mol. The van der Waals surface area contributed by atoms with E-state index in [2.05, 4.69) is 22.3 Å². The molecule has 2 unspecified atom stereocenters. The number of nitrogens with zero attached hydrogens (tertiary/aromatic N) is 2. The lowest BCUT2D eigenvalue weighted by Crippen LogP contribution is -2.35. The third-order valence-electron chi connectivity index (χ3n) is 3.78. The van der Waals surface area contributed by atoms with E-state index in [9.17, 15) is 0 Å². The Balaban J connectivity index is 1.61. The lowest BCUT2D eigenvalue weighted by atomic mass is 10.1. The van der Waals surface area contributed by atoms with Gasteiger partial charge in [0.25, 0.3) is 0 Å². The van der Waals surface area contributed by atoms with Gasteiger partial charge in [0.05, 0.1) is 0 Å². The topological polar surface area (TPSA) is 73.9 Å². The highest BCUT2D eigenvalue weighted by Crippen LogP contribution is 2.31. The lowest BCUT2D eigenvalue weighted by Gasteiger charge is -2.18. The molecule has 1 aliphatic carbocycles. The Morgan fingerprint density at radius 3 is 2.94 bits per heavy atom. The molecule has 1 heterocycles. The van der Waals surface area contributed by atoms with Crippen molar-refractivity contribution in [3.8, 4) is 0 Å². The number of likely N-dealkylation sites (tertiary alicyclic amines) is 1. The van der Waals surface area contributed by atoms with Crippen molar-refractivity contribution in [3.05, 3.63) is 0 Å². The van der Waals surface area contributed by atoms with Crippen molar-refractivity contribution in [3.63, 3.8) is 0 Å².